The number of halogens is 2. The van der Waals surface area contributed by atoms with Crippen LogP contribution in [-0.4, -0.2) is 49.5 Å². The number of hydrogen-bond donors (Lipinski definition) is 1. The molecule has 0 aliphatic heterocycles. The molecule has 1 atom stereocenters. The molecule has 2 rings (SSSR count). The van der Waals surface area contributed by atoms with Crippen molar-refractivity contribution in [2.75, 3.05) is 17.1 Å². The lowest BCUT2D eigenvalue weighted by molar-refractivity contribution is -0.142. The first kappa shape index (κ1) is 30.9. The maximum atomic E-state index is 13.5. The molecular weight excluding hydrogens is 533 g/mol. The predicted molar refractivity (Wildman–Crippen MR) is 152 cm³/mol. The monoisotopic (exact) mass is 569 g/mol. The molecule has 10 heteroatoms. The van der Waals surface area contributed by atoms with Gasteiger partial charge in [0, 0.05) is 35.1 Å². The van der Waals surface area contributed by atoms with Crippen LogP contribution in [0, 0.1) is 6.92 Å². The molecule has 0 saturated heterocycles. The van der Waals surface area contributed by atoms with Gasteiger partial charge in [0.25, 0.3) is 0 Å². The van der Waals surface area contributed by atoms with E-state index in [0.29, 0.717) is 22.2 Å². The molecule has 37 heavy (non-hydrogen) atoms. The summed E-state index contributed by atoms with van der Waals surface area (Å²) in [6, 6.07) is 11.5. The van der Waals surface area contributed by atoms with Crippen molar-refractivity contribution in [1.82, 2.24) is 10.2 Å². The molecule has 0 fully saturated rings. The van der Waals surface area contributed by atoms with Crippen molar-refractivity contribution in [2.45, 2.75) is 72.0 Å². The Morgan fingerprint density at radius 1 is 1.03 bits per heavy atom. The van der Waals surface area contributed by atoms with E-state index in [1.165, 1.54) is 4.31 Å². The van der Waals surface area contributed by atoms with Gasteiger partial charge in [-0.05, 0) is 75.9 Å². The van der Waals surface area contributed by atoms with E-state index in [4.69, 9.17) is 23.2 Å². The number of carbonyl (C=O) groups excluding carboxylic acids is 2. The quantitative estimate of drug-likeness (QED) is 0.383. The van der Waals surface area contributed by atoms with Gasteiger partial charge >= 0.3 is 0 Å². The molecule has 0 radical (unpaired) electrons. The van der Waals surface area contributed by atoms with Crippen LogP contribution in [-0.2, 0) is 26.2 Å². The predicted octanol–water partition coefficient (Wildman–Crippen LogP) is 5.57. The van der Waals surface area contributed by atoms with Crippen molar-refractivity contribution in [2.24, 2.45) is 0 Å². The minimum Gasteiger partial charge on any atom is -0.350 e. The van der Waals surface area contributed by atoms with Gasteiger partial charge in [-0.25, -0.2) is 8.42 Å². The fraction of sp³-hybridized carbons (Fsp3) is 0.481. The third kappa shape index (κ3) is 9.51. The highest BCUT2D eigenvalue weighted by molar-refractivity contribution is 7.92. The standard InChI is InChI=1S/C27H37Cl2N3O4S/c1-7-23(26(34)30-27(3,4)5)31(18-20-11-14-21(28)15-12-20)25(33)9-8-16-32(37(6,35)36)24-17-22(29)13-10-19(24)2/h10-15,17,23H,7-9,16,18H2,1-6H3,(H,30,34). The third-order valence-corrected chi connectivity index (χ3v) is 7.41. The van der Waals surface area contributed by atoms with E-state index in [1.54, 1.807) is 35.2 Å². The summed E-state index contributed by atoms with van der Waals surface area (Å²) in [5.41, 5.74) is 1.63. The van der Waals surface area contributed by atoms with E-state index in [1.807, 2.05) is 46.8 Å². The third-order valence-electron chi connectivity index (χ3n) is 5.74. The summed E-state index contributed by atoms with van der Waals surface area (Å²) in [5.74, 6) is -0.466. The van der Waals surface area contributed by atoms with Crippen molar-refractivity contribution in [3.05, 3.63) is 63.6 Å². The molecule has 1 N–H and O–H groups in total. The summed E-state index contributed by atoms with van der Waals surface area (Å²) in [5, 5.41) is 3.98. The molecule has 0 aliphatic carbocycles. The van der Waals surface area contributed by atoms with Crippen LogP contribution in [0.2, 0.25) is 10.0 Å². The molecule has 7 nitrogen and oxygen atoms in total. The Bertz CT molecular complexity index is 1200. The van der Waals surface area contributed by atoms with Crippen LogP contribution in [0.4, 0.5) is 5.69 Å². The van der Waals surface area contributed by atoms with Gasteiger partial charge in [-0.1, -0.05) is 48.3 Å². The van der Waals surface area contributed by atoms with E-state index in [0.717, 1.165) is 17.4 Å². The second kappa shape index (κ2) is 13.0. The number of benzene rings is 2. The zero-order valence-electron chi connectivity index (χ0n) is 22.3. The van der Waals surface area contributed by atoms with Crippen LogP contribution in [0.3, 0.4) is 0 Å². The maximum absolute atomic E-state index is 13.5. The molecule has 2 aromatic rings. The lowest BCUT2D eigenvalue weighted by atomic mass is 10.0. The average molecular weight is 571 g/mol. The number of hydrogen-bond acceptors (Lipinski definition) is 4. The Kier molecular flexibility index (Phi) is 10.9. The molecule has 2 aromatic carbocycles. The van der Waals surface area contributed by atoms with Crippen LogP contribution >= 0.6 is 23.2 Å². The number of aryl methyl sites for hydroxylation is 1. The average Bonchev–Trinajstić information content (AvgIpc) is 2.77. The van der Waals surface area contributed by atoms with E-state index < -0.39 is 21.6 Å². The van der Waals surface area contributed by atoms with Crippen molar-refractivity contribution in [3.8, 4) is 0 Å². The molecule has 0 spiro atoms. The fourth-order valence-electron chi connectivity index (χ4n) is 3.99. The van der Waals surface area contributed by atoms with Crippen LogP contribution in [0.5, 0.6) is 0 Å². The van der Waals surface area contributed by atoms with Crippen LogP contribution < -0.4 is 9.62 Å². The van der Waals surface area contributed by atoms with Crippen molar-refractivity contribution >= 4 is 50.7 Å². The van der Waals surface area contributed by atoms with Gasteiger partial charge in [-0.15, -0.1) is 0 Å². The number of anilines is 1. The fourth-order valence-corrected chi connectivity index (χ4v) is 5.30. The van der Waals surface area contributed by atoms with Crippen molar-refractivity contribution in [1.29, 1.82) is 0 Å². The molecule has 0 heterocycles. The van der Waals surface area contributed by atoms with E-state index in [-0.39, 0.29) is 37.7 Å². The van der Waals surface area contributed by atoms with Crippen molar-refractivity contribution in [3.63, 3.8) is 0 Å². The van der Waals surface area contributed by atoms with Gasteiger partial charge in [-0.3, -0.25) is 13.9 Å². The minimum absolute atomic E-state index is 0.0680. The van der Waals surface area contributed by atoms with Crippen molar-refractivity contribution < 1.29 is 18.0 Å². The van der Waals surface area contributed by atoms with Crippen LogP contribution in [0.1, 0.15) is 58.1 Å². The Labute approximate surface area is 231 Å². The smallest absolute Gasteiger partial charge is 0.243 e. The largest absolute Gasteiger partial charge is 0.350 e. The Morgan fingerprint density at radius 3 is 2.16 bits per heavy atom. The summed E-state index contributed by atoms with van der Waals surface area (Å²) >= 11 is 12.1. The molecule has 0 aliphatic rings. The first-order valence-corrected chi connectivity index (χ1v) is 14.8. The van der Waals surface area contributed by atoms with E-state index in [2.05, 4.69) is 5.32 Å². The van der Waals surface area contributed by atoms with Gasteiger partial charge in [0.1, 0.15) is 6.04 Å². The molecule has 0 aromatic heterocycles. The van der Waals surface area contributed by atoms with Gasteiger partial charge in [-0.2, -0.15) is 0 Å². The number of sulfonamides is 1. The summed E-state index contributed by atoms with van der Waals surface area (Å²) in [4.78, 5) is 28.2. The summed E-state index contributed by atoms with van der Waals surface area (Å²) < 4.78 is 26.4. The number of nitrogens with zero attached hydrogens (tertiary/aromatic N) is 2. The van der Waals surface area contributed by atoms with Crippen LogP contribution in [0.15, 0.2) is 42.5 Å². The van der Waals surface area contributed by atoms with Crippen LogP contribution in [0.25, 0.3) is 0 Å². The number of rotatable bonds is 11. The van der Waals surface area contributed by atoms with Gasteiger partial charge in [0.15, 0.2) is 0 Å². The van der Waals surface area contributed by atoms with Gasteiger partial charge in [0.05, 0.1) is 11.9 Å². The first-order valence-electron chi connectivity index (χ1n) is 12.2. The minimum atomic E-state index is -3.61. The number of nitrogens with one attached hydrogen (secondary N) is 1. The molecule has 204 valence electrons. The lowest BCUT2D eigenvalue weighted by Gasteiger charge is -2.33. The highest BCUT2D eigenvalue weighted by atomic mass is 35.5. The zero-order chi connectivity index (χ0) is 28.0. The Morgan fingerprint density at radius 2 is 1.62 bits per heavy atom. The maximum Gasteiger partial charge on any atom is 0.243 e. The Balaban J connectivity index is 2.27. The highest BCUT2D eigenvalue weighted by Crippen LogP contribution is 2.27. The molecule has 0 bridgehead atoms. The van der Waals surface area contributed by atoms with E-state index >= 15 is 0 Å². The summed E-state index contributed by atoms with van der Waals surface area (Å²) in [7, 11) is -3.61. The molecular formula is C27H37Cl2N3O4S. The topological polar surface area (TPSA) is 86.8 Å². The second-order valence-corrected chi connectivity index (χ2v) is 13.0. The molecule has 1 unspecified atom stereocenters. The number of amides is 2. The van der Waals surface area contributed by atoms with E-state index in [9.17, 15) is 18.0 Å². The highest BCUT2D eigenvalue weighted by Gasteiger charge is 2.31. The van der Waals surface area contributed by atoms with Gasteiger partial charge < -0.3 is 10.2 Å². The normalized spacial score (nSPS) is 12.6. The second-order valence-electron chi connectivity index (χ2n) is 10.2. The SMILES string of the molecule is CCC(C(=O)NC(C)(C)C)N(Cc1ccc(Cl)cc1)C(=O)CCCN(c1cc(Cl)ccc1C)S(C)(=O)=O. The Hall–Kier alpha value is -2.29. The lowest BCUT2D eigenvalue weighted by Crippen LogP contribution is -2.53. The first-order chi connectivity index (χ1) is 17.1. The molecule has 0 saturated carbocycles. The molecule has 2 amide bonds. The van der Waals surface area contributed by atoms with Gasteiger partial charge in [0.2, 0.25) is 21.8 Å². The zero-order valence-corrected chi connectivity index (χ0v) is 24.7. The summed E-state index contributed by atoms with van der Waals surface area (Å²) in [6.07, 6.45) is 1.90. The number of carbonyl (C=O) groups is 2. The summed E-state index contributed by atoms with van der Waals surface area (Å²) in [6.45, 7) is 9.67.